The zero-order valence-electron chi connectivity index (χ0n) is 11.0. The maximum atomic E-state index is 13.1. The molecule has 1 aromatic rings. The van der Waals surface area contributed by atoms with Crippen LogP contribution in [0.1, 0.15) is 36.8 Å². The summed E-state index contributed by atoms with van der Waals surface area (Å²) in [4.78, 5) is 0. The van der Waals surface area contributed by atoms with Crippen molar-refractivity contribution in [3.05, 3.63) is 35.1 Å². The Hall–Kier alpha value is -0.930. The Morgan fingerprint density at radius 2 is 2.00 bits per heavy atom. The van der Waals surface area contributed by atoms with Crippen LogP contribution in [0.2, 0.25) is 0 Å². The molecule has 1 aliphatic rings. The average Bonchev–Trinajstić information content (AvgIpc) is 2.36. The second-order valence-corrected chi connectivity index (χ2v) is 5.39. The van der Waals surface area contributed by atoms with Crippen LogP contribution in [-0.4, -0.2) is 17.8 Å². The van der Waals surface area contributed by atoms with Crippen LogP contribution in [0.3, 0.4) is 0 Å². The van der Waals surface area contributed by atoms with Crippen molar-refractivity contribution < 1.29 is 9.50 Å². The number of nitrogens with one attached hydrogen (secondary N) is 1. The highest BCUT2D eigenvalue weighted by Gasteiger charge is 2.18. The molecule has 2 N–H and O–H groups in total. The fourth-order valence-corrected chi connectivity index (χ4v) is 2.59. The molecule has 100 valence electrons. The van der Waals surface area contributed by atoms with Crippen LogP contribution in [0.4, 0.5) is 4.39 Å². The summed E-state index contributed by atoms with van der Waals surface area (Å²) >= 11 is 0. The Bertz CT molecular complexity index is 386. The third-order valence-corrected chi connectivity index (χ3v) is 3.80. The Morgan fingerprint density at radius 3 is 2.67 bits per heavy atom. The summed E-state index contributed by atoms with van der Waals surface area (Å²) < 4.78 is 13.1. The number of rotatable bonds is 4. The molecule has 0 atom stereocenters. The van der Waals surface area contributed by atoms with Gasteiger partial charge in [0.25, 0.3) is 0 Å². The zero-order valence-corrected chi connectivity index (χ0v) is 11.0. The molecule has 2 rings (SSSR count). The van der Waals surface area contributed by atoms with Crippen molar-refractivity contribution in [1.29, 1.82) is 0 Å². The second kappa shape index (κ2) is 6.30. The number of halogens is 1. The van der Waals surface area contributed by atoms with Gasteiger partial charge < -0.3 is 10.4 Å². The van der Waals surface area contributed by atoms with Gasteiger partial charge in [-0.2, -0.15) is 0 Å². The fourth-order valence-electron chi connectivity index (χ4n) is 2.59. The van der Waals surface area contributed by atoms with E-state index in [0.717, 1.165) is 44.3 Å². The van der Waals surface area contributed by atoms with Crippen molar-refractivity contribution in [2.45, 2.75) is 45.3 Å². The van der Waals surface area contributed by atoms with E-state index < -0.39 is 0 Å². The van der Waals surface area contributed by atoms with Crippen LogP contribution in [0.5, 0.6) is 0 Å². The highest BCUT2D eigenvalue weighted by atomic mass is 19.1. The van der Waals surface area contributed by atoms with Gasteiger partial charge in [0.15, 0.2) is 0 Å². The Kier molecular flexibility index (Phi) is 4.72. The topological polar surface area (TPSA) is 32.3 Å². The van der Waals surface area contributed by atoms with Gasteiger partial charge in [0, 0.05) is 6.54 Å². The first-order valence-corrected chi connectivity index (χ1v) is 6.79. The molecule has 1 fully saturated rings. The van der Waals surface area contributed by atoms with Gasteiger partial charge in [0.2, 0.25) is 0 Å². The number of aliphatic hydroxyl groups excluding tert-OH is 1. The predicted octanol–water partition coefficient (Wildman–Crippen LogP) is 2.77. The van der Waals surface area contributed by atoms with E-state index in [4.69, 9.17) is 0 Å². The van der Waals surface area contributed by atoms with Crippen molar-refractivity contribution in [2.75, 3.05) is 6.54 Å². The van der Waals surface area contributed by atoms with Crippen molar-refractivity contribution in [3.8, 4) is 0 Å². The van der Waals surface area contributed by atoms with Gasteiger partial charge in [-0.15, -0.1) is 0 Å². The predicted molar refractivity (Wildman–Crippen MR) is 70.8 cm³/mol. The van der Waals surface area contributed by atoms with E-state index in [0.29, 0.717) is 11.5 Å². The molecular weight excluding hydrogens is 229 g/mol. The molecule has 18 heavy (non-hydrogen) atoms. The number of aryl methyl sites for hydroxylation is 1. The lowest BCUT2D eigenvalue weighted by Crippen LogP contribution is -2.27. The van der Waals surface area contributed by atoms with E-state index in [1.165, 1.54) is 6.07 Å². The maximum absolute atomic E-state index is 13.1. The second-order valence-electron chi connectivity index (χ2n) is 5.39. The van der Waals surface area contributed by atoms with Gasteiger partial charge >= 0.3 is 0 Å². The SMILES string of the molecule is Cc1cc(CNCC2CCC(O)CC2)ccc1F. The fraction of sp³-hybridized carbons (Fsp3) is 0.600. The summed E-state index contributed by atoms with van der Waals surface area (Å²) in [5.74, 6) is 0.537. The first-order valence-electron chi connectivity index (χ1n) is 6.79. The van der Waals surface area contributed by atoms with Gasteiger partial charge in [-0.1, -0.05) is 12.1 Å². The van der Waals surface area contributed by atoms with Crippen LogP contribution in [0.15, 0.2) is 18.2 Å². The smallest absolute Gasteiger partial charge is 0.126 e. The molecule has 0 radical (unpaired) electrons. The van der Waals surface area contributed by atoms with Gasteiger partial charge in [0.1, 0.15) is 5.82 Å². The first-order chi connectivity index (χ1) is 8.65. The van der Waals surface area contributed by atoms with Crippen molar-refractivity contribution in [2.24, 2.45) is 5.92 Å². The van der Waals surface area contributed by atoms with Gasteiger partial charge in [0.05, 0.1) is 6.10 Å². The van der Waals surface area contributed by atoms with E-state index in [1.807, 2.05) is 12.1 Å². The van der Waals surface area contributed by atoms with E-state index in [1.54, 1.807) is 6.92 Å². The molecule has 0 aromatic heterocycles. The molecule has 1 aliphatic carbocycles. The summed E-state index contributed by atoms with van der Waals surface area (Å²) in [7, 11) is 0. The molecule has 0 heterocycles. The van der Waals surface area contributed by atoms with E-state index in [2.05, 4.69) is 5.32 Å². The van der Waals surface area contributed by atoms with Gasteiger partial charge in [-0.3, -0.25) is 0 Å². The summed E-state index contributed by atoms with van der Waals surface area (Å²) in [5, 5.41) is 12.9. The first kappa shape index (κ1) is 13.5. The normalized spacial score (nSPS) is 24.2. The van der Waals surface area contributed by atoms with Crippen LogP contribution >= 0.6 is 0 Å². The molecule has 0 aliphatic heterocycles. The Morgan fingerprint density at radius 1 is 1.28 bits per heavy atom. The minimum absolute atomic E-state index is 0.0824. The van der Waals surface area contributed by atoms with Gasteiger partial charge in [-0.25, -0.2) is 4.39 Å². The third kappa shape index (κ3) is 3.79. The van der Waals surface area contributed by atoms with Crippen molar-refractivity contribution in [3.63, 3.8) is 0 Å². The molecule has 2 nitrogen and oxygen atoms in total. The highest BCUT2D eigenvalue weighted by Crippen LogP contribution is 2.23. The monoisotopic (exact) mass is 251 g/mol. The Balaban J connectivity index is 1.73. The molecule has 1 aromatic carbocycles. The zero-order chi connectivity index (χ0) is 13.0. The molecule has 0 saturated heterocycles. The molecule has 0 bridgehead atoms. The number of aliphatic hydroxyl groups is 1. The largest absolute Gasteiger partial charge is 0.393 e. The van der Waals surface area contributed by atoms with Crippen LogP contribution in [-0.2, 0) is 6.54 Å². The van der Waals surface area contributed by atoms with Crippen LogP contribution in [0.25, 0.3) is 0 Å². The van der Waals surface area contributed by atoms with E-state index >= 15 is 0 Å². The van der Waals surface area contributed by atoms with Crippen molar-refractivity contribution in [1.82, 2.24) is 5.32 Å². The molecule has 1 saturated carbocycles. The summed E-state index contributed by atoms with van der Waals surface area (Å²) in [6.07, 6.45) is 4.00. The standard InChI is InChI=1S/C15H22FNO/c1-11-8-13(4-7-15(11)16)10-17-9-12-2-5-14(18)6-3-12/h4,7-8,12,14,17-18H,2-3,5-6,9-10H2,1H3. The summed E-state index contributed by atoms with van der Waals surface area (Å²) in [6, 6.07) is 5.26. The lowest BCUT2D eigenvalue weighted by atomic mass is 9.87. The molecule has 3 heteroatoms. The highest BCUT2D eigenvalue weighted by molar-refractivity contribution is 5.23. The minimum atomic E-state index is -0.139. The molecule has 0 unspecified atom stereocenters. The lowest BCUT2D eigenvalue weighted by Gasteiger charge is -2.25. The Labute approximate surface area is 108 Å². The molecular formula is C15H22FNO. The van der Waals surface area contributed by atoms with E-state index in [-0.39, 0.29) is 11.9 Å². The third-order valence-electron chi connectivity index (χ3n) is 3.80. The number of hydrogen-bond acceptors (Lipinski definition) is 2. The van der Waals surface area contributed by atoms with Gasteiger partial charge in [-0.05, 0) is 62.3 Å². The number of hydrogen-bond donors (Lipinski definition) is 2. The van der Waals surface area contributed by atoms with Crippen LogP contribution < -0.4 is 5.32 Å². The molecule has 0 amide bonds. The van der Waals surface area contributed by atoms with Crippen molar-refractivity contribution >= 4 is 0 Å². The minimum Gasteiger partial charge on any atom is -0.393 e. The summed E-state index contributed by atoms with van der Waals surface area (Å²) in [6.45, 7) is 3.57. The number of benzene rings is 1. The average molecular weight is 251 g/mol. The quantitative estimate of drug-likeness (QED) is 0.862. The maximum Gasteiger partial charge on any atom is 0.126 e. The van der Waals surface area contributed by atoms with Crippen LogP contribution in [0, 0.1) is 18.7 Å². The molecule has 0 spiro atoms. The van der Waals surface area contributed by atoms with E-state index in [9.17, 15) is 9.50 Å². The summed E-state index contributed by atoms with van der Waals surface area (Å²) in [5.41, 5.74) is 1.83. The lowest BCUT2D eigenvalue weighted by molar-refractivity contribution is 0.108.